The minimum Gasteiger partial charge on any atom is -0.391 e. The number of β-amino-alcohol motifs (C(OH)–C–C–N with tert-alkyl or cyclic N) is 1. The molecule has 24 heavy (non-hydrogen) atoms. The number of aliphatic hydroxyl groups is 1. The Labute approximate surface area is 143 Å². The molecule has 3 rings (SSSR count). The summed E-state index contributed by atoms with van der Waals surface area (Å²) in [5.74, 6) is 0.101. The molecule has 0 spiro atoms. The number of amides is 1. The summed E-state index contributed by atoms with van der Waals surface area (Å²) in [6, 6.07) is 8.01. The third-order valence-corrected chi connectivity index (χ3v) is 4.83. The summed E-state index contributed by atoms with van der Waals surface area (Å²) in [5.41, 5.74) is 5.09. The maximum Gasteiger partial charge on any atom is 0.254 e. The first kappa shape index (κ1) is 16.7. The topological polar surface area (TPSA) is 53.4 Å². The van der Waals surface area contributed by atoms with Crippen molar-refractivity contribution in [1.29, 1.82) is 0 Å². The van der Waals surface area contributed by atoms with Gasteiger partial charge in [0.1, 0.15) is 0 Å². The van der Waals surface area contributed by atoms with Gasteiger partial charge in [-0.2, -0.15) is 0 Å². The Morgan fingerprint density at radius 1 is 1.17 bits per heavy atom. The van der Waals surface area contributed by atoms with E-state index in [2.05, 4.69) is 4.98 Å². The molecule has 1 saturated heterocycles. The fraction of sp³-hybridized carbons (Fsp3) is 0.400. The first-order valence-corrected chi connectivity index (χ1v) is 8.40. The first-order chi connectivity index (χ1) is 11.5. The van der Waals surface area contributed by atoms with Gasteiger partial charge >= 0.3 is 0 Å². The number of carbonyl (C=O) groups excluding carboxylic acids is 1. The molecule has 0 saturated carbocycles. The summed E-state index contributed by atoms with van der Waals surface area (Å²) in [4.78, 5) is 18.8. The molecule has 4 nitrogen and oxygen atoms in total. The summed E-state index contributed by atoms with van der Waals surface area (Å²) in [5, 5.41) is 10.4. The zero-order valence-electron chi connectivity index (χ0n) is 14.5. The van der Waals surface area contributed by atoms with Crippen LogP contribution in [0.2, 0.25) is 0 Å². The molecule has 2 atom stereocenters. The molecule has 4 heteroatoms. The lowest BCUT2D eigenvalue weighted by molar-refractivity contribution is 0.0763. The average Bonchev–Trinajstić information content (AvgIpc) is 2.88. The second kappa shape index (κ2) is 6.73. The van der Waals surface area contributed by atoms with E-state index in [0.717, 1.165) is 28.7 Å². The maximum absolute atomic E-state index is 12.9. The third-order valence-electron chi connectivity index (χ3n) is 4.83. The monoisotopic (exact) mass is 324 g/mol. The number of rotatable bonds is 3. The normalized spacial score (nSPS) is 20.4. The van der Waals surface area contributed by atoms with Gasteiger partial charge in [-0.15, -0.1) is 0 Å². The van der Waals surface area contributed by atoms with Crippen molar-refractivity contribution in [2.24, 2.45) is 5.92 Å². The van der Waals surface area contributed by atoms with Gasteiger partial charge in [-0.1, -0.05) is 17.7 Å². The Morgan fingerprint density at radius 2 is 1.79 bits per heavy atom. The van der Waals surface area contributed by atoms with Gasteiger partial charge in [0.2, 0.25) is 0 Å². The van der Waals surface area contributed by atoms with E-state index in [9.17, 15) is 9.90 Å². The minimum atomic E-state index is -0.479. The number of pyridine rings is 1. The number of aliphatic hydroxyl groups excluding tert-OH is 1. The predicted molar refractivity (Wildman–Crippen MR) is 94.0 cm³/mol. The lowest BCUT2D eigenvalue weighted by Gasteiger charge is -2.19. The fourth-order valence-electron chi connectivity index (χ4n) is 3.72. The van der Waals surface area contributed by atoms with Crippen molar-refractivity contribution >= 4 is 5.91 Å². The van der Waals surface area contributed by atoms with Crippen LogP contribution in [-0.2, 0) is 6.42 Å². The molecular weight excluding hydrogens is 300 g/mol. The standard InChI is InChI=1S/C20H24N2O2/c1-13-8-14(2)19(15(3)9-13)20(24)22-11-17(18(23)12-22)10-16-4-6-21-7-5-16/h4-9,17-18,23H,10-12H2,1-3H3/t17-,18+/m1/s1. The van der Waals surface area contributed by atoms with Gasteiger partial charge in [0.05, 0.1) is 6.10 Å². The van der Waals surface area contributed by atoms with E-state index in [1.54, 1.807) is 17.3 Å². The number of nitrogens with zero attached hydrogens (tertiary/aromatic N) is 2. The van der Waals surface area contributed by atoms with Crippen LogP contribution in [0.4, 0.5) is 0 Å². The predicted octanol–water partition coefficient (Wildman–Crippen LogP) is 2.68. The van der Waals surface area contributed by atoms with Crippen LogP contribution in [0, 0.1) is 26.7 Å². The van der Waals surface area contributed by atoms with E-state index < -0.39 is 6.10 Å². The average molecular weight is 324 g/mol. The molecule has 126 valence electrons. The van der Waals surface area contributed by atoms with Crippen LogP contribution >= 0.6 is 0 Å². The molecule has 1 amide bonds. The van der Waals surface area contributed by atoms with Gasteiger partial charge in [0.15, 0.2) is 0 Å². The van der Waals surface area contributed by atoms with Gasteiger partial charge in [0, 0.05) is 37.0 Å². The molecule has 0 unspecified atom stereocenters. The molecule has 0 radical (unpaired) electrons. The van der Waals surface area contributed by atoms with E-state index >= 15 is 0 Å². The Balaban J connectivity index is 1.76. The third kappa shape index (κ3) is 3.34. The van der Waals surface area contributed by atoms with E-state index in [1.807, 2.05) is 45.0 Å². The molecule has 1 aliphatic heterocycles. The van der Waals surface area contributed by atoms with Gasteiger partial charge in [-0.05, 0) is 56.0 Å². The largest absolute Gasteiger partial charge is 0.391 e. The van der Waals surface area contributed by atoms with Gasteiger partial charge in [0.25, 0.3) is 5.91 Å². The first-order valence-electron chi connectivity index (χ1n) is 8.40. The summed E-state index contributed by atoms with van der Waals surface area (Å²) in [6.07, 6.45) is 3.81. The van der Waals surface area contributed by atoms with Gasteiger partial charge < -0.3 is 10.0 Å². The molecule has 1 N–H and O–H groups in total. The number of likely N-dealkylation sites (tertiary alicyclic amines) is 1. The maximum atomic E-state index is 12.9. The zero-order valence-corrected chi connectivity index (χ0v) is 14.5. The summed E-state index contributed by atoms with van der Waals surface area (Å²) >= 11 is 0. The van der Waals surface area contributed by atoms with E-state index in [-0.39, 0.29) is 11.8 Å². The summed E-state index contributed by atoms with van der Waals surface area (Å²) in [6.45, 7) is 7.00. The van der Waals surface area contributed by atoms with Crippen molar-refractivity contribution in [1.82, 2.24) is 9.88 Å². The number of aromatic nitrogens is 1. The van der Waals surface area contributed by atoms with E-state index in [1.165, 1.54) is 5.56 Å². The molecule has 1 aliphatic rings. The molecule has 1 aromatic carbocycles. The van der Waals surface area contributed by atoms with Crippen molar-refractivity contribution in [3.63, 3.8) is 0 Å². The number of aryl methyl sites for hydroxylation is 3. The fourth-order valence-corrected chi connectivity index (χ4v) is 3.72. The molecule has 1 fully saturated rings. The van der Waals surface area contributed by atoms with Crippen molar-refractivity contribution in [2.45, 2.75) is 33.3 Å². The minimum absolute atomic E-state index is 0.0290. The Morgan fingerprint density at radius 3 is 2.42 bits per heavy atom. The highest BCUT2D eigenvalue weighted by atomic mass is 16.3. The van der Waals surface area contributed by atoms with Crippen molar-refractivity contribution in [3.05, 3.63) is 64.5 Å². The Kier molecular flexibility index (Phi) is 4.67. The van der Waals surface area contributed by atoms with E-state index in [4.69, 9.17) is 0 Å². The highest BCUT2D eigenvalue weighted by Crippen LogP contribution is 2.25. The van der Waals surface area contributed by atoms with Crippen LogP contribution in [0.25, 0.3) is 0 Å². The molecule has 0 aliphatic carbocycles. The second-order valence-electron chi connectivity index (χ2n) is 6.87. The van der Waals surface area contributed by atoms with Crippen LogP contribution in [0.1, 0.15) is 32.6 Å². The smallest absolute Gasteiger partial charge is 0.254 e. The van der Waals surface area contributed by atoms with Crippen molar-refractivity contribution in [3.8, 4) is 0 Å². The highest BCUT2D eigenvalue weighted by Gasteiger charge is 2.35. The van der Waals surface area contributed by atoms with Crippen LogP contribution in [0.5, 0.6) is 0 Å². The van der Waals surface area contributed by atoms with Crippen molar-refractivity contribution < 1.29 is 9.90 Å². The summed E-state index contributed by atoms with van der Waals surface area (Å²) < 4.78 is 0. The molecule has 1 aromatic heterocycles. The molecule has 0 bridgehead atoms. The Hall–Kier alpha value is -2.20. The SMILES string of the molecule is Cc1cc(C)c(C(=O)N2C[C@@H](Cc3ccncc3)[C@@H](O)C2)c(C)c1. The van der Waals surface area contributed by atoms with Crippen molar-refractivity contribution in [2.75, 3.05) is 13.1 Å². The van der Waals surface area contributed by atoms with Crippen LogP contribution in [0.15, 0.2) is 36.7 Å². The highest BCUT2D eigenvalue weighted by molar-refractivity contribution is 5.97. The van der Waals surface area contributed by atoms with Crippen LogP contribution in [0.3, 0.4) is 0 Å². The quantitative estimate of drug-likeness (QED) is 0.944. The van der Waals surface area contributed by atoms with Gasteiger partial charge in [-0.3, -0.25) is 9.78 Å². The van der Waals surface area contributed by atoms with E-state index in [0.29, 0.717) is 13.1 Å². The zero-order chi connectivity index (χ0) is 17.3. The number of carbonyl (C=O) groups is 1. The number of benzene rings is 1. The lowest BCUT2D eigenvalue weighted by atomic mass is 9.97. The number of hydrogen-bond acceptors (Lipinski definition) is 3. The molecule has 2 heterocycles. The Bertz CT molecular complexity index is 720. The van der Waals surface area contributed by atoms with Crippen LogP contribution in [-0.4, -0.2) is 40.1 Å². The van der Waals surface area contributed by atoms with Crippen LogP contribution < -0.4 is 0 Å². The molecule has 2 aromatic rings. The number of hydrogen-bond donors (Lipinski definition) is 1. The summed E-state index contributed by atoms with van der Waals surface area (Å²) in [7, 11) is 0. The van der Waals surface area contributed by atoms with Gasteiger partial charge in [-0.25, -0.2) is 0 Å². The lowest BCUT2D eigenvalue weighted by Crippen LogP contribution is -2.30. The molecular formula is C20H24N2O2. The second-order valence-corrected chi connectivity index (χ2v) is 6.87.